The summed E-state index contributed by atoms with van der Waals surface area (Å²) in [5, 5.41) is 2.93. The van der Waals surface area contributed by atoms with E-state index in [4.69, 9.17) is 0 Å². The Kier molecular flexibility index (Phi) is 3.81. The maximum absolute atomic E-state index is 11.9. The normalized spacial score (nSPS) is 13.8. The monoisotopic (exact) mass is 282 g/mol. The number of aromatic nitrogens is 2. The highest BCUT2D eigenvalue weighted by molar-refractivity contribution is 5.94. The Morgan fingerprint density at radius 3 is 2.52 bits per heavy atom. The lowest BCUT2D eigenvalue weighted by molar-refractivity contribution is 0.0950. The molecule has 0 bridgehead atoms. The molecule has 1 amide bonds. The van der Waals surface area contributed by atoms with E-state index >= 15 is 0 Å². The summed E-state index contributed by atoms with van der Waals surface area (Å²) in [7, 11) is 1.94. The minimum atomic E-state index is -0.0882. The Balaban J connectivity index is 1.64. The van der Waals surface area contributed by atoms with Gasteiger partial charge >= 0.3 is 0 Å². The van der Waals surface area contributed by atoms with Crippen molar-refractivity contribution in [3.63, 3.8) is 0 Å². The van der Waals surface area contributed by atoms with Gasteiger partial charge in [0.1, 0.15) is 0 Å². The van der Waals surface area contributed by atoms with Crippen molar-refractivity contribution in [3.05, 3.63) is 53.9 Å². The van der Waals surface area contributed by atoms with Crippen molar-refractivity contribution in [3.8, 4) is 0 Å². The van der Waals surface area contributed by atoms with E-state index in [0.717, 1.165) is 19.4 Å². The van der Waals surface area contributed by atoms with Crippen LogP contribution in [0.2, 0.25) is 0 Å². The van der Waals surface area contributed by atoms with Gasteiger partial charge in [-0.1, -0.05) is 30.3 Å². The summed E-state index contributed by atoms with van der Waals surface area (Å²) in [4.78, 5) is 22.4. The number of carbonyl (C=O) groups is 1. The van der Waals surface area contributed by atoms with E-state index < -0.39 is 0 Å². The molecule has 1 aromatic carbocycles. The first-order valence-corrected chi connectivity index (χ1v) is 7.10. The Bertz CT molecular complexity index is 608. The van der Waals surface area contributed by atoms with Gasteiger partial charge in [0.15, 0.2) is 0 Å². The van der Waals surface area contributed by atoms with Gasteiger partial charge in [-0.3, -0.25) is 4.79 Å². The van der Waals surface area contributed by atoms with Gasteiger partial charge < -0.3 is 10.2 Å². The molecule has 0 unspecified atom stereocenters. The Morgan fingerprint density at radius 2 is 1.90 bits per heavy atom. The van der Waals surface area contributed by atoms with Crippen LogP contribution in [0.5, 0.6) is 0 Å². The maximum atomic E-state index is 11.9. The molecule has 21 heavy (non-hydrogen) atoms. The van der Waals surface area contributed by atoms with E-state index in [-0.39, 0.29) is 5.91 Å². The quantitative estimate of drug-likeness (QED) is 0.911. The van der Waals surface area contributed by atoms with Crippen molar-refractivity contribution >= 4 is 11.9 Å². The van der Waals surface area contributed by atoms with Gasteiger partial charge in [0.2, 0.25) is 5.95 Å². The van der Waals surface area contributed by atoms with Crippen LogP contribution in [0.1, 0.15) is 28.8 Å². The second-order valence-corrected chi connectivity index (χ2v) is 5.36. The van der Waals surface area contributed by atoms with Gasteiger partial charge in [-0.05, 0) is 18.4 Å². The first kappa shape index (κ1) is 13.5. The standard InChI is InChI=1S/C16H18N4O/c1-20(11-12-5-3-2-4-6-12)16-17-9-13(10-18-16)15(21)19-14-7-8-14/h2-6,9-10,14H,7-8,11H2,1H3,(H,19,21). The van der Waals surface area contributed by atoms with Crippen LogP contribution >= 0.6 is 0 Å². The molecule has 0 radical (unpaired) electrons. The SMILES string of the molecule is CN(Cc1ccccc1)c1ncc(C(=O)NC2CC2)cn1. The van der Waals surface area contributed by atoms with E-state index in [0.29, 0.717) is 17.6 Å². The lowest BCUT2D eigenvalue weighted by atomic mass is 10.2. The highest BCUT2D eigenvalue weighted by atomic mass is 16.1. The highest BCUT2D eigenvalue weighted by Gasteiger charge is 2.24. The van der Waals surface area contributed by atoms with Gasteiger partial charge in [-0.25, -0.2) is 9.97 Å². The van der Waals surface area contributed by atoms with Crippen molar-refractivity contribution < 1.29 is 4.79 Å². The van der Waals surface area contributed by atoms with Crippen molar-refractivity contribution in [2.24, 2.45) is 0 Å². The zero-order valence-electron chi connectivity index (χ0n) is 12.0. The third kappa shape index (κ3) is 3.56. The van der Waals surface area contributed by atoms with Gasteiger partial charge in [-0.2, -0.15) is 0 Å². The Hall–Kier alpha value is -2.43. The van der Waals surface area contributed by atoms with E-state index in [1.54, 1.807) is 12.4 Å². The molecule has 2 aromatic rings. The van der Waals surface area contributed by atoms with Crippen LogP contribution < -0.4 is 10.2 Å². The third-order valence-electron chi connectivity index (χ3n) is 3.42. The second-order valence-electron chi connectivity index (χ2n) is 5.36. The first-order valence-electron chi connectivity index (χ1n) is 7.10. The number of benzene rings is 1. The maximum Gasteiger partial charge on any atom is 0.254 e. The summed E-state index contributed by atoms with van der Waals surface area (Å²) in [6.07, 6.45) is 5.32. The van der Waals surface area contributed by atoms with Crippen molar-refractivity contribution in [2.45, 2.75) is 25.4 Å². The predicted molar refractivity (Wildman–Crippen MR) is 81.1 cm³/mol. The zero-order chi connectivity index (χ0) is 14.7. The zero-order valence-corrected chi connectivity index (χ0v) is 12.0. The van der Waals surface area contributed by atoms with Crippen molar-refractivity contribution in [1.29, 1.82) is 0 Å². The molecule has 1 fully saturated rings. The fourth-order valence-electron chi connectivity index (χ4n) is 2.06. The smallest absolute Gasteiger partial charge is 0.254 e. The fraction of sp³-hybridized carbons (Fsp3) is 0.312. The van der Waals surface area contributed by atoms with Crippen LogP contribution in [-0.4, -0.2) is 29.0 Å². The second kappa shape index (κ2) is 5.91. The van der Waals surface area contributed by atoms with Crippen LogP contribution in [-0.2, 0) is 6.54 Å². The molecule has 1 aliphatic rings. The molecule has 0 atom stereocenters. The summed E-state index contributed by atoms with van der Waals surface area (Å²) in [5.41, 5.74) is 1.71. The molecule has 0 aliphatic heterocycles. The van der Waals surface area contributed by atoms with E-state index in [1.807, 2.05) is 30.1 Å². The van der Waals surface area contributed by atoms with Crippen LogP contribution in [0.15, 0.2) is 42.7 Å². The average Bonchev–Trinajstić information content (AvgIpc) is 3.32. The molecule has 1 heterocycles. The van der Waals surface area contributed by atoms with Crippen molar-refractivity contribution in [2.75, 3.05) is 11.9 Å². The first-order chi connectivity index (χ1) is 10.2. The van der Waals surface area contributed by atoms with Crippen molar-refractivity contribution in [1.82, 2.24) is 15.3 Å². The summed E-state index contributed by atoms with van der Waals surface area (Å²) >= 11 is 0. The van der Waals surface area contributed by atoms with E-state index in [9.17, 15) is 4.79 Å². The topological polar surface area (TPSA) is 58.1 Å². The van der Waals surface area contributed by atoms with Gasteiger partial charge in [0, 0.05) is 32.0 Å². The number of nitrogens with zero attached hydrogens (tertiary/aromatic N) is 3. The highest BCUT2D eigenvalue weighted by Crippen LogP contribution is 2.19. The predicted octanol–water partition coefficient (Wildman–Crippen LogP) is 2.01. The van der Waals surface area contributed by atoms with E-state index in [2.05, 4.69) is 27.4 Å². The summed E-state index contributed by atoms with van der Waals surface area (Å²) in [6, 6.07) is 10.5. The number of rotatable bonds is 5. The molecule has 0 spiro atoms. The fourth-order valence-corrected chi connectivity index (χ4v) is 2.06. The third-order valence-corrected chi connectivity index (χ3v) is 3.42. The molecular weight excluding hydrogens is 264 g/mol. The number of anilines is 1. The van der Waals surface area contributed by atoms with Crippen LogP contribution in [0.25, 0.3) is 0 Å². The molecule has 5 heteroatoms. The van der Waals surface area contributed by atoms with Gasteiger partial charge in [0.25, 0.3) is 5.91 Å². The lowest BCUT2D eigenvalue weighted by Crippen LogP contribution is -2.26. The molecule has 1 aromatic heterocycles. The molecule has 0 saturated heterocycles. The molecule has 1 aliphatic carbocycles. The number of nitrogens with one attached hydrogen (secondary N) is 1. The van der Waals surface area contributed by atoms with E-state index in [1.165, 1.54) is 5.56 Å². The van der Waals surface area contributed by atoms with Crippen LogP contribution in [0.4, 0.5) is 5.95 Å². The summed E-state index contributed by atoms with van der Waals surface area (Å²) in [6.45, 7) is 0.731. The Labute approximate surface area is 124 Å². The van der Waals surface area contributed by atoms with Gasteiger partial charge in [0.05, 0.1) is 5.56 Å². The molecule has 108 valence electrons. The van der Waals surface area contributed by atoms with Crippen LogP contribution in [0.3, 0.4) is 0 Å². The number of hydrogen-bond donors (Lipinski definition) is 1. The largest absolute Gasteiger partial charge is 0.349 e. The lowest BCUT2D eigenvalue weighted by Gasteiger charge is -2.17. The number of carbonyl (C=O) groups excluding carboxylic acids is 1. The molecule has 1 saturated carbocycles. The number of hydrogen-bond acceptors (Lipinski definition) is 4. The molecule has 5 nitrogen and oxygen atoms in total. The van der Waals surface area contributed by atoms with Crippen LogP contribution in [0, 0.1) is 0 Å². The summed E-state index contributed by atoms with van der Waals surface area (Å²) in [5.74, 6) is 0.525. The minimum absolute atomic E-state index is 0.0882. The Morgan fingerprint density at radius 1 is 1.24 bits per heavy atom. The van der Waals surface area contributed by atoms with Gasteiger partial charge in [-0.15, -0.1) is 0 Å². The molecular formula is C16H18N4O. The molecule has 1 N–H and O–H groups in total. The number of amides is 1. The molecule has 3 rings (SSSR count). The average molecular weight is 282 g/mol. The minimum Gasteiger partial charge on any atom is -0.349 e. The summed E-state index contributed by atoms with van der Waals surface area (Å²) < 4.78 is 0.